The van der Waals surface area contributed by atoms with Crippen LogP contribution in [-0.2, 0) is 4.74 Å². The van der Waals surface area contributed by atoms with Crippen LogP contribution in [0.2, 0.25) is 0 Å². The van der Waals surface area contributed by atoms with Gasteiger partial charge in [-0.05, 0) is 35.9 Å². The van der Waals surface area contributed by atoms with E-state index in [0.29, 0.717) is 19.8 Å². The molecule has 0 radical (unpaired) electrons. The zero-order valence-electron chi connectivity index (χ0n) is 17.4. The summed E-state index contributed by atoms with van der Waals surface area (Å²) in [6.07, 6.45) is 7.29. The van der Waals surface area contributed by atoms with Crippen LogP contribution in [0.4, 0.5) is 5.95 Å². The quantitative estimate of drug-likeness (QED) is 0.494. The number of nitrogens with zero attached hydrogens (tertiary/aromatic N) is 7. The van der Waals surface area contributed by atoms with Crippen LogP contribution in [0.3, 0.4) is 0 Å². The first-order valence-electron chi connectivity index (χ1n) is 10.7. The van der Waals surface area contributed by atoms with Gasteiger partial charge in [-0.3, -0.25) is 9.98 Å². The molecule has 8 nitrogen and oxygen atoms in total. The molecule has 6 rings (SSSR count). The van der Waals surface area contributed by atoms with Crippen molar-refractivity contribution >= 4 is 11.5 Å². The molecule has 0 spiro atoms. The molecule has 1 aromatic carbocycles. The van der Waals surface area contributed by atoms with Crippen molar-refractivity contribution in [2.24, 2.45) is 4.99 Å². The van der Waals surface area contributed by atoms with E-state index >= 15 is 0 Å². The van der Waals surface area contributed by atoms with Crippen molar-refractivity contribution < 1.29 is 4.74 Å². The fourth-order valence-corrected chi connectivity index (χ4v) is 4.14. The lowest BCUT2D eigenvalue weighted by atomic mass is 10.0. The summed E-state index contributed by atoms with van der Waals surface area (Å²) in [7, 11) is 0. The van der Waals surface area contributed by atoms with Crippen molar-refractivity contribution in [3.8, 4) is 16.9 Å². The third-order valence-corrected chi connectivity index (χ3v) is 5.76. The largest absolute Gasteiger partial charge is 0.378 e. The standard InChI is InChI=1S/C24H21N7O/c1-3-18(15-19(4-1)31-10-2-7-27-31)20-16-26-23-21(17-5-8-25-9-6-17)28-24(29-22(20)23)30-11-13-32-14-12-30/h1-10,15H,11-14,16H2. The molecule has 0 saturated carbocycles. The van der Waals surface area contributed by atoms with E-state index in [4.69, 9.17) is 19.7 Å². The highest BCUT2D eigenvalue weighted by Crippen LogP contribution is 2.20. The van der Waals surface area contributed by atoms with Crippen LogP contribution in [0.25, 0.3) is 22.5 Å². The number of anilines is 1. The summed E-state index contributed by atoms with van der Waals surface area (Å²) in [6, 6.07) is 14.2. The highest BCUT2D eigenvalue weighted by Gasteiger charge is 2.21. The van der Waals surface area contributed by atoms with Gasteiger partial charge in [0.15, 0.2) is 0 Å². The zero-order valence-corrected chi connectivity index (χ0v) is 17.4. The lowest BCUT2D eigenvalue weighted by Gasteiger charge is -2.27. The number of benzene rings is 1. The smallest absolute Gasteiger partial charge is 0.226 e. The molecule has 5 heterocycles. The molecule has 0 aliphatic carbocycles. The van der Waals surface area contributed by atoms with E-state index in [2.05, 4.69) is 27.1 Å². The minimum atomic E-state index is 0.567. The van der Waals surface area contributed by atoms with E-state index < -0.39 is 0 Å². The van der Waals surface area contributed by atoms with Crippen molar-refractivity contribution in [3.63, 3.8) is 0 Å². The Hall–Kier alpha value is -3.91. The van der Waals surface area contributed by atoms with E-state index in [1.807, 2.05) is 41.2 Å². The van der Waals surface area contributed by atoms with Crippen molar-refractivity contribution in [2.45, 2.75) is 0 Å². The number of fused-ring (bicyclic) bond motifs is 1. The van der Waals surface area contributed by atoms with Crippen LogP contribution in [0.15, 0.2) is 72.2 Å². The monoisotopic (exact) mass is 423 g/mol. The Morgan fingerprint density at radius 3 is 2.56 bits per heavy atom. The van der Waals surface area contributed by atoms with Gasteiger partial charge in [-0.15, -0.1) is 0 Å². The summed E-state index contributed by atoms with van der Waals surface area (Å²) in [5, 5.41) is 6.10. The van der Waals surface area contributed by atoms with E-state index in [1.165, 1.54) is 0 Å². The van der Waals surface area contributed by atoms with Crippen molar-refractivity contribution in [1.29, 1.82) is 0 Å². The maximum Gasteiger partial charge on any atom is 0.226 e. The molecule has 1 fully saturated rings. The highest BCUT2D eigenvalue weighted by atomic mass is 16.5. The molecule has 158 valence electrons. The normalized spacial score (nSPS) is 15.5. The molecule has 0 unspecified atom stereocenters. The third kappa shape index (κ3) is 3.34. The second-order valence-electron chi connectivity index (χ2n) is 7.70. The van der Waals surface area contributed by atoms with Gasteiger partial charge in [-0.2, -0.15) is 5.10 Å². The number of pyridine rings is 1. The van der Waals surface area contributed by atoms with Crippen LogP contribution in [-0.4, -0.2) is 57.6 Å². The van der Waals surface area contributed by atoms with Crippen LogP contribution in [0, 0.1) is 0 Å². The molecule has 8 heteroatoms. The van der Waals surface area contributed by atoms with Gasteiger partial charge in [0.2, 0.25) is 5.95 Å². The van der Waals surface area contributed by atoms with Crippen LogP contribution in [0.1, 0.15) is 5.56 Å². The van der Waals surface area contributed by atoms with Crippen LogP contribution in [0.5, 0.6) is 0 Å². The van der Waals surface area contributed by atoms with Gasteiger partial charge in [0.25, 0.3) is 0 Å². The molecule has 1 saturated heterocycles. The zero-order chi connectivity index (χ0) is 21.3. The van der Waals surface area contributed by atoms with Gasteiger partial charge in [0.05, 0.1) is 25.4 Å². The van der Waals surface area contributed by atoms with Crippen molar-refractivity contribution in [2.75, 3.05) is 37.7 Å². The fourth-order valence-electron chi connectivity index (χ4n) is 4.14. The number of hydrogen-bond acceptors (Lipinski definition) is 7. The van der Waals surface area contributed by atoms with Gasteiger partial charge in [-0.1, -0.05) is 12.1 Å². The second kappa shape index (κ2) is 7.97. The maximum absolute atomic E-state index is 5.53. The number of aromatic nitrogens is 5. The average Bonchev–Trinajstić information content (AvgIpc) is 3.55. The lowest BCUT2D eigenvalue weighted by molar-refractivity contribution is 0.122. The number of ether oxygens (including phenoxy) is 1. The Kier molecular flexibility index (Phi) is 4.69. The molecule has 0 N–H and O–H groups in total. The number of hydrogen-bond donors (Lipinski definition) is 0. The number of rotatable bonds is 4. The molecule has 0 atom stereocenters. The Morgan fingerprint density at radius 1 is 0.875 bits per heavy atom. The Morgan fingerprint density at radius 2 is 1.75 bits per heavy atom. The van der Waals surface area contributed by atoms with Crippen molar-refractivity contribution in [3.05, 3.63) is 83.5 Å². The van der Waals surface area contributed by atoms with Crippen LogP contribution < -0.4 is 15.6 Å². The molecular formula is C24H21N7O. The Balaban J connectivity index is 1.56. The van der Waals surface area contributed by atoms with Gasteiger partial charge >= 0.3 is 0 Å². The lowest BCUT2D eigenvalue weighted by Crippen LogP contribution is -2.41. The van der Waals surface area contributed by atoms with Gasteiger partial charge in [0.1, 0.15) is 16.4 Å². The van der Waals surface area contributed by atoms with Gasteiger partial charge in [-0.25, -0.2) is 14.6 Å². The Labute approximate surface area is 184 Å². The molecule has 3 aromatic heterocycles. The molecule has 0 bridgehead atoms. The summed E-state index contributed by atoms with van der Waals surface area (Å²) in [5.41, 5.74) is 5.03. The number of morpholine rings is 1. The van der Waals surface area contributed by atoms with E-state index in [9.17, 15) is 0 Å². The first-order valence-corrected chi connectivity index (χ1v) is 10.7. The summed E-state index contributed by atoms with van der Waals surface area (Å²) in [4.78, 5) is 21.1. The van der Waals surface area contributed by atoms with E-state index in [1.54, 1.807) is 18.6 Å². The van der Waals surface area contributed by atoms with Gasteiger partial charge in [0, 0.05) is 49.0 Å². The average molecular weight is 423 g/mol. The van der Waals surface area contributed by atoms with E-state index in [-0.39, 0.29) is 0 Å². The Bertz CT molecular complexity index is 1380. The highest BCUT2D eigenvalue weighted by molar-refractivity contribution is 5.71. The summed E-state index contributed by atoms with van der Waals surface area (Å²) in [5.74, 6) is 0.719. The summed E-state index contributed by atoms with van der Waals surface area (Å²) in [6.45, 7) is 3.47. The predicted octanol–water partition coefficient (Wildman–Crippen LogP) is 1.39. The van der Waals surface area contributed by atoms with Gasteiger partial charge < -0.3 is 9.64 Å². The minimum absolute atomic E-state index is 0.567. The molecule has 4 aromatic rings. The molecule has 32 heavy (non-hydrogen) atoms. The third-order valence-electron chi connectivity index (χ3n) is 5.76. The first-order chi connectivity index (χ1) is 15.9. The van der Waals surface area contributed by atoms with Crippen molar-refractivity contribution in [1.82, 2.24) is 24.7 Å². The first kappa shape index (κ1) is 18.8. The molecular weight excluding hydrogens is 402 g/mol. The van der Waals surface area contributed by atoms with Crippen LogP contribution >= 0.6 is 0 Å². The molecule has 2 aliphatic heterocycles. The molecule has 2 aliphatic rings. The topological polar surface area (TPSA) is 81.3 Å². The predicted molar refractivity (Wildman–Crippen MR) is 120 cm³/mol. The fraction of sp³-hybridized carbons (Fsp3) is 0.208. The maximum atomic E-state index is 5.53. The summed E-state index contributed by atoms with van der Waals surface area (Å²) < 4.78 is 7.39. The minimum Gasteiger partial charge on any atom is -0.378 e. The SMILES string of the molecule is c1cc(C2=c3nc(N4CCOCC4)nc(-c4ccncc4)c3=NC2)cc(-n2cccn2)c1. The second-order valence-corrected chi connectivity index (χ2v) is 7.70. The van der Waals surface area contributed by atoms with E-state index in [0.717, 1.165) is 57.8 Å². The summed E-state index contributed by atoms with van der Waals surface area (Å²) >= 11 is 0. The molecule has 0 amide bonds.